The van der Waals surface area contributed by atoms with Crippen molar-refractivity contribution in [1.29, 1.82) is 0 Å². The van der Waals surface area contributed by atoms with Gasteiger partial charge in [-0.15, -0.1) is 0 Å². The smallest absolute Gasteiger partial charge is 0.338 e. The molecule has 1 aromatic carbocycles. The van der Waals surface area contributed by atoms with Crippen molar-refractivity contribution in [2.24, 2.45) is 11.3 Å². The molecule has 4 heteroatoms. The van der Waals surface area contributed by atoms with Crippen LogP contribution in [0.15, 0.2) is 36.4 Å². The molecule has 2 atom stereocenters. The number of benzene rings is 1. The van der Waals surface area contributed by atoms with Gasteiger partial charge in [-0.25, -0.2) is 4.79 Å². The van der Waals surface area contributed by atoms with Crippen molar-refractivity contribution >= 4 is 11.9 Å². The van der Waals surface area contributed by atoms with Crippen LogP contribution in [0.1, 0.15) is 35.7 Å². The lowest BCUT2D eigenvalue weighted by Gasteiger charge is -2.24. The summed E-state index contributed by atoms with van der Waals surface area (Å²) < 4.78 is 10.3. The summed E-state index contributed by atoms with van der Waals surface area (Å²) >= 11 is 0. The topological polar surface area (TPSA) is 52.6 Å². The maximum absolute atomic E-state index is 12.3. The van der Waals surface area contributed by atoms with E-state index >= 15 is 0 Å². The molecule has 0 bridgehead atoms. The highest BCUT2D eigenvalue weighted by molar-refractivity contribution is 5.89. The third kappa shape index (κ3) is 2.43. The van der Waals surface area contributed by atoms with E-state index in [-0.39, 0.29) is 17.9 Å². The highest BCUT2D eigenvalue weighted by Gasteiger charge is 2.55. The number of rotatable bonds is 4. The molecule has 0 radical (unpaired) electrons. The lowest BCUT2D eigenvalue weighted by Crippen LogP contribution is -2.31. The summed E-state index contributed by atoms with van der Waals surface area (Å²) in [6, 6.07) is 7.29. The molecule has 22 heavy (non-hydrogen) atoms. The van der Waals surface area contributed by atoms with Crippen LogP contribution >= 0.6 is 0 Å². The van der Waals surface area contributed by atoms with Crippen LogP contribution in [0.4, 0.5) is 0 Å². The minimum absolute atomic E-state index is 0.106. The lowest BCUT2D eigenvalue weighted by atomic mass is 9.75. The molecular weight excluding hydrogens is 280 g/mol. The first-order valence-electron chi connectivity index (χ1n) is 7.65. The summed E-state index contributed by atoms with van der Waals surface area (Å²) in [4.78, 5) is 23.9. The normalized spacial score (nSPS) is 26.7. The van der Waals surface area contributed by atoms with Crippen LogP contribution < -0.4 is 0 Å². The summed E-state index contributed by atoms with van der Waals surface area (Å²) in [5.41, 5.74) is 2.24. The standard InChI is InChI=1S/C18H20O4/c1-3-21-16(19)14-6-4-13(5-7-14)10-18-9-12(2)8-15(18)11-22-17(18)20/h4-7,15H,2-3,8-11H2,1H3. The molecule has 0 amide bonds. The predicted octanol–water partition coefficient (Wildman–Crippen LogP) is 2.92. The van der Waals surface area contributed by atoms with E-state index in [1.807, 2.05) is 12.1 Å². The minimum Gasteiger partial charge on any atom is -0.465 e. The average Bonchev–Trinajstić information content (AvgIpc) is 2.95. The van der Waals surface area contributed by atoms with Gasteiger partial charge in [-0.3, -0.25) is 4.79 Å². The van der Waals surface area contributed by atoms with Crippen LogP contribution in [0, 0.1) is 11.3 Å². The Labute approximate surface area is 130 Å². The van der Waals surface area contributed by atoms with Crippen molar-refractivity contribution in [2.75, 3.05) is 13.2 Å². The van der Waals surface area contributed by atoms with Gasteiger partial charge in [0.05, 0.1) is 24.2 Å². The zero-order valence-corrected chi connectivity index (χ0v) is 12.8. The number of esters is 2. The van der Waals surface area contributed by atoms with Gasteiger partial charge in [0, 0.05) is 5.92 Å². The zero-order chi connectivity index (χ0) is 15.7. The van der Waals surface area contributed by atoms with E-state index < -0.39 is 5.41 Å². The number of fused-ring (bicyclic) bond motifs is 1. The number of carbonyl (C=O) groups excluding carboxylic acids is 2. The molecule has 3 rings (SSSR count). The Balaban J connectivity index is 1.79. The molecule has 0 spiro atoms. The molecule has 1 saturated heterocycles. The fourth-order valence-electron chi connectivity index (χ4n) is 3.60. The van der Waals surface area contributed by atoms with Crippen molar-refractivity contribution in [3.63, 3.8) is 0 Å². The van der Waals surface area contributed by atoms with Gasteiger partial charge < -0.3 is 9.47 Å². The Morgan fingerprint density at radius 3 is 2.82 bits per heavy atom. The number of hydrogen-bond acceptors (Lipinski definition) is 4. The van der Waals surface area contributed by atoms with E-state index in [0.717, 1.165) is 17.6 Å². The van der Waals surface area contributed by atoms with E-state index in [0.29, 0.717) is 31.6 Å². The minimum atomic E-state index is -0.456. The first-order valence-corrected chi connectivity index (χ1v) is 7.65. The molecule has 4 nitrogen and oxygen atoms in total. The molecule has 0 aromatic heterocycles. The quantitative estimate of drug-likeness (QED) is 0.634. The summed E-state index contributed by atoms with van der Waals surface area (Å²) in [5, 5.41) is 0. The van der Waals surface area contributed by atoms with Gasteiger partial charge in [-0.05, 0) is 43.9 Å². The largest absolute Gasteiger partial charge is 0.465 e. The molecule has 1 aromatic rings. The molecule has 1 saturated carbocycles. The first kappa shape index (κ1) is 14.8. The van der Waals surface area contributed by atoms with Crippen molar-refractivity contribution < 1.29 is 19.1 Å². The Morgan fingerprint density at radius 2 is 2.14 bits per heavy atom. The van der Waals surface area contributed by atoms with Gasteiger partial charge in [0.1, 0.15) is 0 Å². The van der Waals surface area contributed by atoms with Crippen LogP contribution in [0.25, 0.3) is 0 Å². The lowest BCUT2D eigenvalue weighted by molar-refractivity contribution is -0.146. The van der Waals surface area contributed by atoms with E-state index in [4.69, 9.17) is 9.47 Å². The van der Waals surface area contributed by atoms with Crippen LogP contribution in [0.3, 0.4) is 0 Å². The number of cyclic esters (lactones) is 1. The summed E-state index contributed by atoms with van der Waals surface area (Å²) in [6.07, 6.45) is 2.21. The summed E-state index contributed by atoms with van der Waals surface area (Å²) in [6.45, 7) is 6.69. The van der Waals surface area contributed by atoms with Crippen LogP contribution in [-0.2, 0) is 20.7 Å². The Kier molecular flexibility index (Phi) is 3.77. The van der Waals surface area contributed by atoms with Gasteiger partial charge in [0.25, 0.3) is 0 Å². The Morgan fingerprint density at radius 1 is 1.41 bits per heavy atom. The molecule has 1 aliphatic carbocycles. The van der Waals surface area contributed by atoms with Crippen molar-refractivity contribution in [3.05, 3.63) is 47.5 Å². The number of ether oxygens (including phenoxy) is 2. The molecule has 2 fully saturated rings. The zero-order valence-electron chi connectivity index (χ0n) is 12.8. The van der Waals surface area contributed by atoms with Gasteiger partial charge in [-0.1, -0.05) is 24.3 Å². The van der Waals surface area contributed by atoms with Crippen molar-refractivity contribution in [3.8, 4) is 0 Å². The van der Waals surface area contributed by atoms with Gasteiger partial charge >= 0.3 is 11.9 Å². The van der Waals surface area contributed by atoms with E-state index in [1.165, 1.54) is 0 Å². The maximum Gasteiger partial charge on any atom is 0.338 e. The van der Waals surface area contributed by atoms with Crippen LogP contribution in [0.2, 0.25) is 0 Å². The fraction of sp³-hybridized carbons (Fsp3) is 0.444. The number of allylic oxidation sites excluding steroid dienone is 1. The second-order valence-corrected chi connectivity index (χ2v) is 6.18. The molecule has 2 aliphatic rings. The molecule has 1 heterocycles. The van der Waals surface area contributed by atoms with Crippen LogP contribution in [-0.4, -0.2) is 25.2 Å². The molecular formula is C18H20O4. The van der Waals surface area contributed by atoms with Crippen LogP contribution in [0.5, 0.6) is 0 Å². The highest BCUT2D eigenvalue weighted by Crippen LogP contribution is 2.52. The first-order chi connectivity index (χ1) is 10.5. The second-order valence-electron chi connectivity index (χ2n) is 6.18. The van der Waals surface area contributed by atoms with Crippen molar-refractivity contribution in [1.82, 2.24) is 0 Å². The molecule has 2 unspecified atom stereocenters. The highest BCUT2D eigenvalue weighted by atomic mass is 16.5. The molecule has 0 N–H and O–H groups in total. The fourth-order valence-corrected chi connectivity index (χ4v) is 3.60. The predicted molar refractivity (Wildman–Crippen MR) is 81.4 cm³/mol. The SMILES string of the molecule is C=C1CC2COC(=O)C2(Cc2ccc(C(=O)OCC)cc2)C1. The van der Waals surface area contributed by atoms with Gasteiger partial charge in [-0.2, -0.15) is 0 Å². The average molecular weight is 300 g/mol. The van der Waals surface area contributed by atoms with E-state index in [2.05, 4.69) is 6.58 Å². The number of carbonyl (C=O) groups is 2. The van der Waals surface area contributed by atoms with E-state index in [1.54, 1.807) is 19.1 Å². The monoisotopic (exact) mass is 300 g/mol. The Bertz CT molecular complexity index is 616. The van der Waals surface area contributed by atoms with Crippen molar-refractivity contribution in [2.45, 2.75) is 26.2 Å². The Hall–Kier alpha value is -2.10. The molecule has 116 valence electrons. The van der Waals surface area contributed by atoms with Gasteiger partial charge in [0.15, 0.2) is 0 Å². The molecule has 1 aliphatic heterocycles. The number of hydrogen-bond donors (Lipinski definition) is 0. The third-order valence-electron chi connectivity index (χ3n) is 4.69. The third-order valence-corrected chi connectivity index (χ3v) is 4.69. The summed E-state index contributed by atoms with van der Waals surface area (Å²) in [7, 11) is 0. The second kappa shape index (κ2) is 5.59. The van der Waals surface area contributed by atoms with E-state index in [9.17, 15) is 9.59 Å². The summed E-state index contributed by atoms with van der Waals surface area (Å²) in [5.74, 6) is -0.192. The maximum atomic E-state index is 12.3. The van der Waals surface area contributed by atoms with Gasteiger partial charge in [0.2, 0.25) is 0 Å².